The molecule has 0 aliphatic rings. The standard InChI is InChI=1S/C15H16N4OS/c1-10(2)8-20-11-3-5-12(6-4-11)21-15-16-7-13-14(19-15)18-9-17-13/h3-7,9-10H,8H2,1-2H3,(H,16,17,18,19). The number of ether oxygens (including phenoxy) is 1. The molecule has 1 aromatic carbocycles. The topological polar surface area (TPSA) is 63.7 Å². The maximum atomic E-state index is 5.67. The third-order valence-electron chi connectivity index (χ3n) is 2.77. The smallest absolute Gasteiger partial charge is 0.194 e. The number of aromatic amines is 1. The summed E-state index contributed by atoms with van der Waals surface area (Å²) in [7, 11) is 0. The van der Waals surface area contributed by atoms with Crippen LogP contribution in [0.2, 0.25) is 0 Å². The molecule has 3 rings (SSSR count). The van der Waals surface area contributed by atoms with Crippen molar-refractivity contribution >= 4 is 22.9 Å². The Kier molecular flexibility index (Phi) is 4.06. The molecule has 6 heteroatoms. The summed E-state index contributed by atoms with van der Waals surface area (Å²) >= 11 is 1.51. The van der Waals surface area contributed by atoms with E-state index in [1.807, 2.05) is 24.3 Å². The number of hydrogen-bond acceptors (Lipinski definition) is 5. The van der Waals surface area contributed by atoms with Gasteiger partial charge in [-0.3, -0.25) is 0 Å². The number of rotatable bonds is 5. The van der Waals surface area contributed by atoms with Gasteiger partial charge in [-0.1, -0.05) is 13.8 Å². The highest BCUT2D eigenvalue weighted by atomic mass is 32.2. The summed E-state index contributed by atoms with van der Waals surface area (Å²) in [5.74, 6) is 1.41. The van der Waals surface area contributed by atoms with Crippen LogP contribution in [0.4, 0.5) is 0 Å². The monoisotopic (exact) mass is 300 g/mol. The van der Waals surface area contributed by atoms with Gasteiger partial charge in [0.2, 0.25) is 0 Å². The van der Waals surface area contributed by atoms with Gasteiger partial charge in [-0.05, 0) is 41.9 Å². The Hall–Kier alpha value is -2.08. The quantitative estimate of drug-likeness (QED) is 0.730. The van der Waals surface area contributed by atoms with Crippen molar-refractivity contribution in [2.75, 3.05) is 6.61 Å². The summed E-state index contributed by atoms with van der Waals surface area (Å²) in [5, 5.41) is 0.686. The first-order valence-corrected chi connectivity index (χ1v) is 7.59. The third-order valence-corrected chi connectivity index (χ3v) is 3.66. The summed E-state index contributed by atoms with van der Waals surface area (Å²) in [6.07, 6.45) is 3.37. The zero-order chi connectivity index (χ0) is 14.7. The van der Waals surface area contributed by atoms with E-state index in [2.05, 4.69) is 33.8 Å². The molecule has 0 fully saturated rings. The lowest BCUT2D eigenvalue weighted by Gasteiger charge is -2.08. The molecular weight excluding hydrogens is 284 g/mol. The maximum Gasteiger partial charge on any atom is 0.194 e. The minimum atomic E-state index is 0.521. The molecule has 5 nitrogen and oxygen atoms in total. The van der Waals surface area contributed by atoms with E-state index in [-0.39, 0.29) is 0 Å². The Bertz CT molecular complexity index is 724. The molecule has 2 aromatic heterocycles. The number of benzene rings is 1. The molecule has 0 aliphatic carbocycles. The second-order valence-corrected chi connectivity index (χ2v) is 6.11. The van der Waals surface area contributed by atoms with E-state index in [0.717, 1.165) is 22.8 Å². The molecule has 21 heavy (non-hydrogen) atoms. The number of hydrogen-bond donors (Lipinski definition) is 1. The first kappa shape index (κ1) is 13.9. The highest BCUT2D eigenvalue weighted by Crippen LogP contribution is 2.27. The molecule has 0 amide bonds. The molecule has 1 N–H and O–H groups in total. The first-order valence-electron chi connectivity index (χ1n) is 6.77. The van der Waals surface area contributed by atoms with Crippen LogP contribution in [0.5, 0.6) is 5.75 Å². The van der Waals surface area contributed by atoms with Crippen molar-refractivity contribution < 1.29 is 4.74 Å². The molecule has 0 unspecified atom stereocenters. The van der Waals surface area contributed by atoms with E-state index in [1.54, 1.807) is 12.5 Å². The van der Waals surface area contributed by atoms with E-state index in [1.165, 1.54) is 11.8 Å². The lowest BCUT2D eigenvalue weighted by atomic mass is 10.2. The summed E-state index contributed by atoms with van der Waals surface area (Å²) < 4.78 is 5.67. The highest BCUT2D eigenvalue weighted by molar-refractivity contribution is 7.99. The van der Waals surface area contributed by atoms with E-state index in [0.29, 0.717) is 16.7 Å². The van der Waals surface area contributed by atoms with Crippen LogP contribution in [0.1, 0.15) is 13.8 Å². The number of nitrogens with one attached hydrogen (secondary N) is 1. The Morgan fingerprint density at radius 3 is 2.76 bits per heavy atom. The summed E-state index contributed by atoms with van der Waals surface area (Å²) in [6, 6.07) is 7.96. The van der Waals surface area contributed by atoms with Gasteiger partial charge in [-0.2, -0.15) is 0 Å². The molecule has 0 spiro atoms. The predicted octanol–water partition coefficient (Wildman–Crippen LogP) is 3.54. The van der Waals surface area contributed by atoms with Crippen molar-refractivity contribution in [1.82, 2.24) is 19.9 Å². The Balaban J connectivity index is 1.69. The number of aromatic nitrogens is 4. The van der Waals surface area contributed by atoms with E-state index < -0.39 is 0 Å². The van der Waals surface area contributed by atoms with Crippen LogP contribution >= 0.6 is 11.8 Å². The second kappa shape index (κ2) is 6.13. The van der Waals surface area contributed by atoms with E-state index in [9.17, 15) is 0 Å². The minimum absolute atomic E-state index is 0.521. The highest BCUT2D eigenvalue weighted by Gasteiger charge is 2.05. The second-order valence-electron chi connectivity index (χ2n) is 5.07. The lowest BCUT2D eigenvalue weighted by molar-refractivity contribution is 0.271. The van der Waals surface area contributed by atoms with Gasteiger partial charge in [-0.25, -0.2) is 15.0 Å². The third kappa shape index (κ3) is 3.52. The van der Waals surface area contributed by atoms with Crippen LogP contribution in [0, 0.1) is 5.92 Å². The summed E-state index contributed by atoms with van der Waals surface area (Å²) in [4.78, 5) is 16.9. The molecule has 0 saturated heterocycles. The number of imidazole rings is 1. The van der Waals surface area contributed by atoms with Crippen LogP contribution in [0.25, 0.3) is 11.2 Å². The Morgan fingerprint density at radius 2 is 2.00 bits per heavy atom. The van der Waals surface area contributed by atoms with Gasteiger partial charge in [0.05, 0.1) is 19.1 Å². The fourth-order valence-electron chi connectivity index (χ4n) is 1.74. The van der Waals surface area contributed by atoms with Crippen molar-refractivity contribution in [3.63, 3.8) is 0 Å². The molecule has 2 heterocycles. The van der Waals surface area contributed by atoms with Crippen molar-refractivity contribution in [1.29, 1.82) is 0 Å². The molecule has 108 valence electrons. The summed E-state index contributed by atoms with van der Waals surface area (Å²) in [6.45, 7) is 4.99. The summed E-state index contributed by atoms with van der Waals surface area (Å²) in [5.41, 5.74) is 1.53. The predicted molar refractivity (Wildman–Crippen MR) is 82.6 cm³/mol. The molecule has 0 bridgehead atoms. The van der Waals surface area contributed by atoms with Crippen LogP contribution in [-0.2, 0) is 0 Å². The van der Waals surface area contributed by atoms with Crippen molar-refractivity contribution in [2.24, 2.45) is 5.92 Å². The van der Waals surface area contributed by atoms with Gasteiger partial charge < -0.3 is 9.72 Å². The molecular formula is C15H16N4OS. The van der Waals surface area contributed by atoms with Crippen LogP contribution < -0.4 is 4.74 Å². The average molecular weight is 300 g/mol. The zero-order valence-corrected chi connectivity index (χ0v) is 12.7. The van der Waals surface area contributed by atoms with Gasteiger partial charge >= 0.3 is 0 Å². The van der Waals surface area contributed by atoms with Crippen molar-refractivity contribution in [2.45, 2.75) is 23.9 Å². The maximum absolute atomic E-state index is 5.67. The minimum Gasteiger partial charge on any atom is -0.493 e. The van der Waals surface area contributed by atoms with E-state index >= 15 is 0 Å². The van der Waals surface area contributed by atoms with Crippen molar-refractivity contribution in [3.8, 4) is 5.75 Å². The molecule has 0 atom stereocenters. The molecule has 0 radical (unpaired) electrons. The van der Waals surface area contributed by atoms with Gasteiger partial charge in [-0.15, -0.1) is 0 Å². The number of nitrogens with zero attached hydrogens (tertiary/aromatic N) is 3. The molecule has 3 aromatic rings. The van der Waals surface area contributed by atoms with Gasteiger partial charge in [0, 0.05) is 4.90 Å². The van der Waals surface area contributed by atoms with Crippen molar-refractivity contribution in [3.05, 3.63) is 36.8 Å². The SMILES string of the molecule is CC(C)COc1ccc(Sc2ncc3[nH]cnc3n2)cc1. The fraction of sp³-hybridized carbons (Fsp3) is 0.267. The molecule has 0 aliphatic heterocycles. The largest absolute Gasteiger partial charge is 0.493 e. The van der Waals surface area contributed by atoms with Gasteiger partial charge in [0.15, 0.2) is 10.8 Å². The number of H-pyrrole nitrogens is 1. The fourth-order valence-corrected chi connectivity index (χ4v) is 2.46. The first-order chi connectivity index (χ1) is 10.2. The van der Waals surface area contributed by atoms with Crippen LogP contribution in [-0.4, -0.2) is 26.5 Å². The van der Waals surface area contributed by atoms with Crippen LogP contribution in [0.15, 0.2) is 46.8 Å². The van der Waals surface area contributed by atoms with Gasteiger partial charge in [0.25, 0.3) is 0 Å². The Morgan fingerprint density at radius 1 is 1.19 bits per heavy atom. The average Bonchev–Trinajstić information content (AvgIpc) is 2.94. The zero-order valence-electron chi connectivity index (χ0n) is 11.9. The normalized spacial score (nSPS) is 11.2. The number of fused-ring (bicyclic) bond motifs is 1. The van der Waals surface area contributed by atoms with Crippen LogP contribution in [0.3, 0.4) is 0 Å². The van der Waals surface area contributed by atoms with Gasteiger partial charge in [0.1, 0.15) is 11.3 Å². The lowest BCUT2D eigenvalue weighted by Crippen LogP contribution is -2.04. The molecule has 0 saturated carbocycles. The Labute approximate surface area is 127 Å². The van der Waals surface area contributed by atoms with E-state index in [4.69, 9.17) is 4.74 Å².